The Bertz CT molecular complexity index is 1200. The Kier molecular flexibility index (Phi) is 4.66. The molecule has 0 fully saturated rings. The Hall–Kier alpha value is -3.64. The van der Waals surface area contributed by atoms with Crippen LogP contribution < -0.4 is 26.2 Å². The second-order valence-electron chi connectivity index (χ2n) is 5.61. The maximum absolute atomic E-state index is 12.7. The van der Waals surface area contributed by atoms with Crippen LogP contribution in [-0.4, -0.2) is 23.6 Å². The van der Waals surface area contributed by atoms with E-state index in [0.29, 0.717) is 5.56 Å². The molecular formula is C18H14N4O4S. The van der Waals surface area contributed by atoms with Crippen molar-refractivity contribution in [1.82, 2.24) is 4.57 Å². The van der Waals surface area contributed by atoms with Crippen molar-refractivity contribution >= 4 is 40.7 Å². The first-order chi connectivity index (χ1) is 12.9. The van der Waals surface area contributed by atoms with Crippen molar-refractivity contribution in [3.63, 3.8) is 0 Å². The van der Waals surface area contributed by atoms with Crippen molar-refractivity contribution in [3.8, 4) is 6.07 Å². The Morgan fingerprint density at radius 2 is 2.00 bits per heavy atom. The van der Waals surface area contributed by atoms with E-state index in [0.717, 1.165) is 22.0 Å². The number of nitrogens with two attached hydrogens (primary N) is 2. The summed E-state index contributed by atoms with van der Waals surface area (Å²) in [6, 6.07) is 10.8. The highest BCUT2D eigenvalue weighted by molar-refractivity contribution is 7.07. The lowest BCUT2D eigenvalue weighted by Crippen LogP contribution is -2.41. The fraction of sp³-hybridized carbons (Fsp3) is 0.111. The van der Waals surface area contributed by atoms with E-state index in [1.54, 1.807) is 30.3 Å². The van der Waals surface area contributed by atoms with Gasteiger partial charge >= 0.3 is 5.97 Å². The van der Waals surface area contributed by atoms with Crippen LogP contribution in [0.3, 0.4) is 0 Å². The summed E-state index contributed by atoms with van der Waals surface area (Å²) in [6.45, 7) is 0. The van der Waals surface area contributed by atoms with Crippen molar-refractivity contribution in [2.45, 2.75) is 5.92 Å². The molecule has 1 aromatic heterocycles. The minimum absolute atomic E-state index is 0.0181. The molecule has 1 atom stereocenters. The fourth-order valence-corrected chi connectivity index (χ4v) is 4.07. The lowest BCUT2D eigenvalue weighted by Gasteiger charge is -2.24. The molecule has 0 saturated carbocycles. The second kappa shape index (κ2) is 6.93. The summed E-state index contributed by atoms with van der Waals surface area (Å²) >= 11 is 0.889. The van der Waals surface area contributed by atoms with E-state index in [4.69, 9.17) is 11.5 Å². The van der Waals surface area contributed by atoms with Crippen LogP contribution in [0.2, 0.25) is 0 Å². The number of carbonyl (C=O) groups is 2. The number of esters is 1. The van der Waals surface area contributed by atoms with Gasteiger partial charge in [-0.25, -0.2) is 4.79 Å². The maximum atomic E-state index is 12.7. The summed E-state index contributed by atoms with van der Waals surface area (Å²) in [7, 11) is 1.18. The van der Waals surface area contributed by atoms with Crippen LogP contribution in [0.15, 0.2) is 40.7 Å². The van der Waals surface area contributed by atoms with Crippen LogP contribution in [0, 0.1) is 11.3 Å². The number of nitrogens with zero attached hydrogens (tertiary/aromatic N) is 2. The molecule has 136 valence electrons. The largest absolute Gasteiger partial charge is 0.466 e. The zero-order valence-corrected chi connectivity index (χ0v) is 14.9. The molecule has 0 bridgehead atoms. The van der Waals surface area contributed by atoms with Crippen LogP contribution in [-0.2, 0) is 14.3 Å². The highest BCUT2D eigenvalue weighted by Crippen LogP contribution is 2.35. The molecule has 0 spiro atoms. The van der Waals surface area contributed by atoms with Gasteiger partial charge in [-0.3, -0.25) is 14.2 Å². The number of hydrogen-bond acceptors (Lipinski definition) is 7. The number of nitriles is 1. The number of rotatable bonds is 3. The number of carbonyl (C=O) groups excluding carboxylic acids is 2. The molecule has 0 saturated heterocycles. The molecule has 1 aliphatic heterocycles. The lowest BCUT2D eigenvalue weighted by molar-refractivity contribution is -0.133. The maximum Gasteiger partial charge on any atom is 0.332 e. The number of primary amides is 1. The van der Waals surface area contributed by atoms with Gasteiger partial charge in [-0.05, 0) is 5.56 Å². The van der Waals surface area contributed by atoms with Gasteiger partial charge < -0.3 is 16.2 Å². The molecule has 1 aliphatic rings. The summed E-state index contributed by atoms with van der Waals surface area (Å²) in [4.78, 5) is 36.5. The van der Waals surface area contributed by atoms with Gasteiger partial charge in [-0.1, -0.05) is 30.3 Å². The third-order valence-electron chi connectivity index (χ3n) is 4.12. The molecule has 1 aromatic carbocycles. The Balaban J connectivity index is 2.49. The van der Waals surface area contributed by atoms with Crippen molar-refractivity contribution < 1.29 is 14.3 Å². The minimum Gasteiger partial charge on any atom is -0.466 e. The first kappa shape index (κ1) is 18.2. The molecule has 2 heterocycles. The predicted molar refractivity (Wildman–Crippen MR) is 99.1 cm³/mol. The average molecular weight is 382 g/mol. The number of fused-ring (bicyclic) bond motifs is 1. The Labute approximate surface area is 156 Å². The molecule has 4 N–H and O–H groups in total. The van der Waals surface area contributed by atoms with Crippen molar-refractivity contribution in [3.05, 3.63) is 61.0 Å². The molecular weight excluding hydrogens is 368 g/mol. The number of allylic oxidation sites excluding steroid dienone is 1. The lowest BCUT2D eigenvalue weighted by atomic mass is 9.83. The number of ether oxygens (including phenoxy) is 1. The quantitative estimate of drug-likeness (QED) is 0.649. The molecule has 1 unspecified atom stereocenters. The van der Waals surface area contributed by atoms with E-state index >= 15 is 0 Å². The number of amides is 1. The van der Waals surface area contributed by atoms with Crippen molar-refractivity contribution in [1.29, 1.82) is 5.26 Å². The van der Waals surface area contributed by atoms with Crippen LogP contribution in [0.5, 0.6) is 0 Å². The third kappa shape index (κ3) is 2.92. The Morgan fingerprint density at radius 1 is 1.33 bits per heavy atom. The van der Waals surface area contributed by atoms with E-state index in [2.05, 4.69) is 4.74 Å². The van der Waals surface area contributed by atoms with Gasteiger partial charge in [-0.2, -0.15) is 5.26 Å². The molecule has 8 nitrogen and oxygen atoms in total. The first-order valence-electron chi connectivity index (χ1n) is 7.71. The van der Waals surface area contributed by atoms with Crippen LogP contribution in [0.25, 0.3) is 17.5 Å². The van der Waals surface area contributed by atoms with Crippen LogP contribution >= 0.6 is 11.3 Å². The average Bonchev–Trinajstić information content (AvgIpc) is 2.98. The van der Waals surface area contributed by atoms with E-state index in [1.165, 1.54) is 7.11 Å². The second-order valence-corrected chi connectivity index (χ2v) is 6.64. The number of methoxy groups -OCH3 is 1. The zero-order valence-electron chi connectivity index (χ0n) is 14.1. The normalized spacial score (nSPS) is 16.7. The predicted octanol–water partition coefficient (Wildman–Crippen LogP) is -1.05. The minimum atomic E-state index is -0.808. The van der Waals surface area contributed by atoms with Gasteiger partial charge in [0.15, 0.2) is 0 Å². The summed E-state index contributed by atoms with van der Waals surface area (Å²) in [5.74, 6) is -2.42. The standard InChI is InChI=1S/C18H14N4O4S/c1-26-12(23)7-11-17(25)22-15(20)10(8-19)13(9-5-3-2-4-6-9)14(16(21)24)18(22)27-11/h2-7,13H,20H2,1H3,(H2,21,24)/b11-7-. The van der Waals surface area contributed by atoms with E-state index < -0.39 is 23.4 Å². The van der Waals surface area contributed by atoms with E-state index in [9.17, 15) is 19.6 Å². The number of hydrogen-bond donors (Lipinski definition) is 2. The summed E-state index contributed by atoms with van der Waals surface area (Å²) < 4.78 is 5.79. The van der Waals surface area contributed by atoms with Gasteiger partial charge in [-0.15, -0.1) is 11.3 Å². The monoisotopic (exact) mass is 382 g/mol. The smallest absolute Gasteiger partial charge is 0.332 e. The molecule has 0 radical (unpaired) electrons. The van der Waals surface area contributed by atoms with Gasteiger partial charge in [0, 0.05) is 6.08 Å². The zero-order chi connectivity index (χ0) is 19.7. The van der Waals surface area contributed by atoms with Crippen LogP contribution in [0.1, 0.15) is 11.5 Å². The molecule has 27 heavy (non-hydrogen) atoms. The van der Waals surface area contributed by atoms with E-state index in [-0.39, 0.29) is 26.2 Å². The number of benzene rings is 1. The van der Waals surface area contributed by atoms with Crippen LogP contribution in [0.4, 0.5) is 0 Å². The van der Waals surface area contributed by atoms with Crippen molar-refractivity contribution in [2.75, 3.05) is 7.11 Å². The first-order valence-corrected chi connectivity index (χ1v) is 8.53. The van der Waals surface area contributed by atoms with Crippen molar-refractivity contribution in [2.24, 2.45) is 11.5 Å². The highest BCUT2D eigenvalue weighted by Gasteiger charge is 2.34. The fourth-order valence-electron chi connectivity index (χ4n) is 2.93. The summed E-state index contributed by atoms with van der Waals surface area (Å²) in [6.07, 6.45) is 1.01. The third-order valence-corrected chi connectivity index (χ3v) is 5.23. The number of thiazole rings is 1. The topological polar surface area (TPSA) is 141 Å². The van der Waals surface area contributed by atoms with Gasteiger partial charge in [0.05, 0.1) is 30.2 Å². The summed E-state index contributed by atoms with van der Waals surface area (Å²) in [5.41, 5.74) is 11.8. The van der Waals surface area contributed by atoms with Gasteiger partial charge in [0.1, 0.15) is 15.0 Å². The number of aromatic nitrogens is 1. The SMILES string of the molecule is COC(=O)/C=c1\sc2n(c1=O)C(N)=C(C#N)C(c1ccccc1)C=2C(N)=O. The molecule has 3 rings (SSSR count). The highest BCUT2D eigenvalue weighted by atomic mass is 32.1. The Morgan fingerprint density at radius 3 is 2.56 bits per heavy atom. The molecule has 2 aromatic rings. The summed E-state index contributed by atoms with van der Waals surface area (Å²) in [5, 5.41) is 9.65. The molecule has 0 aliphatic carbocycles. The van der Waals surface area contributed by atoms with Gasteiger partial charge in [0.2, 0.25) is 5.91 Å². The molecule has 9 heteroatoms. The molecule has 1 amide bonds. The van der Waals surface area contributed by atoms with E-state index in [1.807, 2.05) is 6.07 Å². The van der Waals surface area contributed by atoms with Gasteiger partial charge in [0.25, 0.3) is 5.56 Å².